The van der Waals surface area contributed by atoms with Crippen LogP contribution in [0.4, 0.5) is 13.2 Å². The summed E-state index contributed by atoms with van der Waals surface area (Å²) < 4.78 is 52.9. The molecule has 2 aliphatic heterocycles. The maximum absolute atomic E-state index is 13.2. The van der Waals surface area contributed by atoms with Gasteiger partial charge in [0, 0.05) is 48.3 Å². The van der Waals surface area contributed by atoms with Crippen LogP contribution in [-0.2, 0) is 18.4 Å². The Balaban J connectivity index is 1.41. The van der Waals surface area contributed by atoms with Crippen LogP contribution in [0.2, 0.25) is 5.02 Å². The number of hydrogen-bond acceptors (Lipinski definition) is 4. The zero-order valence-electron chi connectivity index (χ0n) is 18.7. The van der Waals surface area contributed by atoms with Gasteiger partial charge in [0.1, 0.15) is 11.5 Å². The molecule has 1 N–H and O–H groups in total. The van der Waals surface area contributed by atoms with E-state index >= 15 is 0 Å². The van der Waals surface area contributed by atoms with Gasteiger partial charge in [-0.1, -0.05) is 11.6 Å². The quantitative estimate of drug-likeness (QED) is 0.532. The van der Waals surface area contributed by atoms with Crippen LogP contribution in [0.5, 0.6) is 11.5 Å². The first kappa shape index (κ1) is 23.6. The van der Waals surface area contributed by atoms with Crippen molar-refractivity contribution in [3.8, 4) is 17.2 Å². The van der Waals surface area contributed by atoms with Crippen molar-refractivity contribution in [3.63, 3.8) is 0 Å². The molecule has 10 heteroatoms. The normalized spacial score (nSPS) is 16.5. The van der Waals surface area contributed by atoms with E-state index < -0.39 is 23.1 Å². The number of fused-ring (bicyclic) bond motifs is 4. The Morgan fingerprint density at radius 2 is 1.89 bits per heavy atom. The molecule has 1 saturated heterocycles. The number of ether oxygens (including phenoxy) is 2. The number of aliphatic hydroxyl groups excluding tert-OH is 1. The first-order chi connectivity index (χ1) is 16.7. The van der Waals surface area contributed by atoms with Crippen LogP contribution < -0.4 is 9.47 Å². The first-order valence-electron chi connectivity index (χ1n) is 11.0. The van der Waals surface area contributed by atoms with Gasteiger partial charge in [-0.05, 0) is 42.5 Å². The van der Waals surface area contributed by atoms with Crippen molar-refractivity contribution in [3.05, 3.63) is 76.1 Å². The van der Waals surface area contributed by atoms with Crippen LogP contribution in [0.1, 0.15) is 40.2 Å². The number of piperidine rings is 1. The van der Waals surface area contributed by atoms with Crippen LogP contribution in [0, 0.1) is 0 Å². The lowest BCUT2D eigenvalue weighted by Crippen LogP contribution is -2.50. The minimum Gasteiger partial charge on any atom is -0.496 e. The minimum absolute atomic E-state index is 0.124. The minimum atomic E-state index is -4.58. The number of nitrogens with zero attached hydrogens (tertiary/aromatic N) is 2. The molecule has 1 amide bonds. The van der Waals surface area contributed by atoms with E-state index in [1.807, 2.05) is 22.8 Å². The van der Waals surface area contributed by atoms with Crippen molar-refractivity contribution in [2.24, 2.45) is 0 Å². The van der Waals surface area contributed by atoms with Crippen LogP contribution in [0.15, 0.2) is 48.5 Å². The highest BCUT2D eigenvalue weighted by atomic mass is 35.5. The zero-order valence-corrected chi connectivity index (χ0v) is 19.5. The van der Waals surface area contributed by atoms with E-state index in [0.29, 0.717) is 42.4 Å². The van der Waals surface area contributed by atoms with Gasteiger partial charge in [0.2, 0.25) is 0 Å². The van der Waals surface area contributed by atoms with Gasteiger partial charge in [0.15, 0.2) is 5.60 Å². The second-order valence-electron chi connectivity index (χ2n) is 8.62. The molecule has 5 rings (SSSR count). The summed E-state index contributed by atoms with van der Waals surface area (Å²) in [5.74, 6) is -0.184. The van der Waals surface area contributed by atoms with Crippen LogP contribution in [0.25, 0.3) is 5.69 Å². The lowest BCUT2D eigenvalue weighted by Gasteiger charge is -2.45. The Morgan fingerprint density at radius 3 is 2.54 bits per heavy atom. The third-order valence-corrected chi connectivity index (χ3v) is 6.91. The molecule has 1 aromatic heterocycles. The molecule has 0 saturated carbocycles. The van der Waals surface area contributed by atoms with Crippen molar-refractivity contribution in [2.75, 3.05) is 20.2 Å². The highest BCUT2D eigenvalue weighted by molar-refractivity contribution is 6.30. The van der Waals surface area contributed by atoms with E-state index in [1.54, 1.807) is 17.0 Å². The molecule has 3 heterocycles. The summed E-state index contributed by atoms with van der Waals surface area (Å²) in [5, 5.41) is 10.4. The number of hydrogen-bond donors (Lipinski definition) is 1. The Bertz CT molecular complexity index is 1300. The molecule has 2 aliphatic rings. The number of amides is 1. The molecule has 0 bridgehead atoms. The summed E-state index contributed by atoms with van der Waals surface area (Å²) in [6, 6.07) is 12.3. The smallest absolute Gasteiger partial charge is 0.419 e. The number of rotatable bonds is 3. The predicted octanol–water partition coefficient (Wildman–Crippen LogP) is 5.17. The van der Waals surface area contributed by atoms with Crippen molar-refractivity contribution < 1.29 is 32.5 Å². The van der Waals surface area contributed by atoms with Crippen LogP contribution in [0.3, 0.4) is 0 Å². The highest BCUT2D eigenvalue weighted by Crippen LogP contribution is 2.47. The van der Waals surface area contributed by atoms with Gasteiger partial charge in [0.25, 0.3) is 5.91 Å². The number of alkyl halides is 3. The summed E-state index contributed by atoms with van der Waals surface area (Å²) >= 11 is 6.20. The second-order valence-corrected chi connectivity index (χ2v) is 9.05. The first-order valence-corrected chi connectivity index (χ1v) is 11.4. The van der Waals surface area contributed by atoms with E-state index in [-0.39, 0.29) is 18.1 Å². The van der Waals surface area contributed by atoms with Gasteiger partial charge in [0.05, 0.1) is 30.7 Å². The molecule has 0 radical (unpaired) electrons. The number of aliphatic hydroxyl groups is 1. The van der Waals surface area contributed by atoms with Crippen molar-refractivity contribution in [1.82, 2.24) is 9.47 Å². The molecule has 0 aliphatic carbocycles. The summed E-state index contributed by atoms with van der Waals surface area (Å²) in [7, 11) is 1.14. The molecular weight excluding hydrogens is 485 g/mol. The molecule has 2 aromatic carbocycles. The number of benzene rings is 2. The molecule has 0 unspecified atom stereocenters. The monoisotopic (exact) mass is 506 g/mol. The van der Waals surface area contributed by atoms with Gasteiger partial charge >= 0.3 is 6.18 Å². The highest BCUT2D eigenvalue weighted by Gasteiger charge is 2.45. The van der Waals surface area contributed by atoms with Gasteiger partial charge in [-0.15, -0.1) is 0 Å². The van der Waals surface area contributed by atoms with Crippen LogP contribution in [-0.4, -0.2) is 40.7 Å². The fourth-order valence-electron chi connectivity index (χ4n) is 4.93. The third-order valence-electron chi connectivity index (χ3n) is 6.67. The number of halogens is 4. The number of methoxy groups -OCH3 is 1. The lowest BCUT2D eigenvalue weighted by atomic mass is 9.86. The summed E-state index contributed by atoms with van der Waals surface area (Å²) in [4.78, 5) is 14.7. The molecule has 3 aromatic rings. The van der Waals surface area contributed by atoms with Gasteiger partial charge in [-0.2, -0.15) is 13.2 Å². The maximum atomic E-state index is 13.2. The number of carbonyl (C=O) groups is 1. The number of aromatic nitrogens is 1. The third kappa shape index (κ3) is 3.92. The summed E-state index contributed by atoms with van der Waals surface area (Å²) in [6.07, 6.45) is -3.67. The molecule has 0 atom stereocenters. The second kappa shape index (κ2) is 8.49. The molecule has 184 valence electrons. The lowest BCUT2D eigenvalue weighted by molar-refractivity contribution is -0.138. The Hall–Kier alpha value is -3.17. The van der Waals surface area contributed by atoms with Gasteiger partial charge < -0.3 is 24.0 Å². The van der Waals surface area contributed by atoms with E-state index in [2.05, 4.69) is 0 Å². The van der Waals surface area contributed by atoms with Crippen molar-refractivity contribution in [1.29, 1.82) is 0 Å². The van der Waals surface area contributed by atoms with E-state index in [4.69, 9.17) is 21.1 Å². The van der Waals surface area contributed by atoms with E-state index in [9.17, 15) is 23.1 Å². The molecule has 6 nitrogen and oxygen atoms in total. The fraction of sp³-hybridized carbons (Fsp3) is 0.320. The fourth-order valence-corrected chi connectivity index (χ4v) is 5.09. The summed E-state index contributed by atoms with van der Waals surface area (Å²) in [5.41, 5.74) is 0.821. The topological polar surface area (TPSA) is 63.9 Å². The average Bonchev–Trinajstić information content (AvgIpc) is 3.28. The Morgan fingerprint density at radius 1 is 1.14 bits per heavy atom. The Labute approximate surface area is 204 Å². The van der Waals surface area contributed by atoms with E-state index in [1.165, 1.54) is 6.07 Å². The SMILES string of the molecule is COc1cc(C(=O)N2CCC3(CC2)Oc2cc(Cl)ccc2-n2c(CO)ccc23)ccc1C(F)(F)F. The number of carbonyl (C=O) groups excluding carboxylic acids is 1. The van der Waals surface area contributed by atoms with Crippen molar-refractivity contribution in [2.45, 2.75) is 31.2 Å². The predicted molar refractivity (Wildman–Crippen MR) is 122 cm³/mol. The zero-order chi connectivity index (χ0) is 25.0. The summed E-state index contributed by atoms with van der Waals surface area (Å²) in [6.45, 7) is 0.508. The molecular formula is C25H22ClF3N2O4. The largest absolute Gasteiger partial charge is 0.496 e. The van der Waals surface area contributed by atoms with Gasteiger partial charge in [-0.25, -0.2) is 0 Å². The maximum Gasteiger partial charge on any atom is 0.419 e. The van der Waals surface area contributed by atoms with E-state index in [0.717, 1.165) is 30.6 Å². The average molecular weight is 507 g/mol. The van der Waals surface area contributed by atoms with Gasteiger partial charge in [-0.3, -0.25) is 4.79 Å². The van der Waals surface area contributed by atoms with Crippen LogP contribution >= 0.6 is 11.6 Å². The molecule has 35 heavy (non-hydrogen) atoms. The number of likely N-dealkylation sites (tertiary alicyclic amines) is 1. The molecule has 1 spiro atoms. The Kier molecular flexibility index (Phi) is 5.72. The molecule has 1 fully saturated rings. The van der Waals surface area contributed by atoms with Crippen molar-refractivity contribution >= 4 is 17.5 Å². The standard InChI is InChI=1S/C25H22ClF3N2O4/c1-34-20-12-15(2-5-18(20)25(27,28)29)23(33)30-10-8-24(9-11-30)22-7-4-17(14-32)31(22)19-6-3-16(26)13-21(19)35-24/h2-7,12-13,32H,8-11,14H2,1H3.